The largest absolute Gasteiger partial charge is 0.382 e. The number of hydrogen-bond acceptors (Lipinski definition) is 4. The molecule has 0 aromatic heterocycles. The molecule has 6 nitrogen and oxygen atoms in total. The lowest BCUT2D eigenvalue weighted by Crippen LogP contribution is -2.52. The van der Waals surface area contributed by atoms with Crippen LogP contribution < -0.4 is 0 Å². The van der Waals surface area contributed by atoms with Crippen LogP contribution in [0.15, 0.2) is 24.3 Å². The molecule has 0 radical (unpaired) electrons. The Bertz CT molecular complexity index is 682. The lowest BCUT2D eigenvalue weighted by molar-refractivity contribution is -0.128. The van der Waals surface area contributed by atoms with E-state index >= 15 is 0 Å². The van der Waals surface area contributed by atoms with Crippen molar-refractivity contribution in [2.24, 2.45) is 5.92 Å². The Morgan fingerprint density at radius 1 is 1.21 bits per heavy atom. The first-order valence-electron chi connectivity index (χ1n) is 10.1. The van der Waals surface area contributed by atoms with Gasteiger partial charge in [0.2, 0.25) is 0 Å². The number of halogens is 1. The van der Waals surface area contributed by atoms with E-state index in [1.165, 1.54) is 4.90 Å². The second-order valence-corrected chi connectivity index (χ2v) is 8.15. The summed E-state index contributed by atoms with van der Waals surface area (Å²) in [6.07, 6.45) is 1.85. The Labute approximate surface area is 172 Å². The Kier molecular flexibility index (Phi) is 7.32. The number of ether oxygens (including phenoxy) is 1. The fourth-order valence-corrected chi connectivity index (χ4v) is 4.29. The topological polar surface area (TPSA) is 53.1 Å². The zero-order valence-corrected chi connectivity index (χ0v) is 17.5. The Hall–Kier alpha value is -1.63. The molecule has 1 aromatic rings. The van der Waals surface area contributed by atoms with Crippen molar-refractivity contribution in [2.45, 2.75) is 39.3 Å². The zero-order valence-electron chi connectivity index (χ0n) is 16.8. The van der Waals surface area contributed by atoms with Gasteiger partial charge in [-0.05, 0) is 43.4 Å². The van der Waals surface area contributed by atoms with E-state index in [1.807, 2.05) is 19.1 Å². The summed E-state index contributed by atoms with van der Waals surface area (Å²) in [4.78, 5) is 31.1. The van der Waals surface area contributed by atoms with E-state index in [2.05, 4.69) is 11.8 Å². The van der Waals surface area contributed by atoms with Crippen molar-refractivity contribution in [2.75, 3.05) is 39.4 Å². The molecule has 7 heteroatoms. The number of urea groups is 1. The number of likely N-dealkylation sites (tertiary alicyclic amines) is 1. The molecule has 2 unspecified atom stereocenters. The van der Waals surface area contributed by atoms with E-state index in [1.54, 1.807) is 17.0 Å². The van der Waals surface area contributed by atoms with Crippen LogP contribution in [0.25, 0.3) is 0 Å². The molecule has 2 atom stereocenters. The number of nitrogens with zero attached hydrogens (tertiary/aromatic N) is 3. The highest BCUT2D eigenvalue weighted by atomic mass is 35.5. The highest BCUT2D eigenvalue weighted by Gasteiger charge is 2.43. The normalized spacial score (nSPS) is 23.7. The van der Waals surface area contributed by atoms with Crippen LogP contribution in [0.4, 0.5) is 4.79 Å². The maximum absolute atomic E-state index is 12.9. The first-order chi connectivity index (χ1) is 13.5. The molecule has 2 fully saturated rings. The predicted octanol–water partition coefficient (Wildman–Crippen LogP) is 3.24. The van der Waals surface area contributed by atoms with Gasteiger partial charge in [-0.2, -0.15) is 0 Å². The molecule has 3 amide bonds. The molecule has 0 saturated carbocycles. The van der Waals surface area contributed by atoms with Gasteiger partial charge in [0, 0.05) is 50.5 Å². The number of rotatable bonds is 8. The van der Waals surface area contributed by atoms with Crippen molar-refractivity contribution in [1.82, 2.24) is 14.7 Å². The number of carbonyl (C=O) groups excluding carboxylic acids is 2. The van der Waals surface area contributed by atoms with E-state index in [0.717, 1.165) is 51.3 Å². The summed E-state index contributed by atoms with van der Waals surface area (Å²) in [6, 6.07) is 7.22. The standard InChI is InChI=1S/C21H30ClN3O3/c1-3-28-12-4-10-23-11-9-19(16(2)13-23)25-20(26)15-24(21(25)27)14-17-5-7-18(22)8-6-17/h5-8,16,19H,3-4,9-15H2,1-2H3. The maximum atomic E-state index is 12.9. The summed E-state index contributed by atoms with van der Waals surface area (Å²) in [6.45, 7) is 9.10. The fourth-order valence-electron chi connectivity index (χ4n) is 4.17. The lowest BCUT2D eigenvalue weighted by atomic mass is 9.92. The molecular weight excluding hydrogens is 378 g/mol. The summed E-state index contributed by atoms with van der Waals surface area (Å²) in [5, 5.41) is 0.663. The molecule has 2 aliphatic rings. The third kappa shape index (κ3) is 5.04. The van der Waals surface area contributed by atoms with Crippen LogP contribution in [0.2, 0.25) is 5.02 Å². The van der Waals surface area contributed by atoms with Crippen molar-refractivity contribution in [1.29, 1.82) is 0 Å². The first kappa shape index (κ1) is 21.1. The Morgan fingerprint density at radius 2 is 1.96 bits per heavy atom. The van der Waals surface area contributed by atoms with E-state index in [0.29, 0.717) is 11.6 Å². The highest BCUT2D eigenvalue weighted by molar-refractivity contribution is 6.30. The van der Waals surface area contributed by atoms with Crippen molar-refractivity contribution < 1.29 is 14.3 Å². The van der Waals surface area contributed by atoms with Gasteiger partial charge in [-0.15, -0.1) is 0 Å². The zero-order chi connectivity index (χ0) is 20.1. The van der Waals surface area contributed by atoms with Gasteiger partial charge in [0.15, 0.2) is 0 Å². The van der Waals surface area contributed by atoms with Gasteiger partial charge in [0.1, 0.15) is 6.54 Å². The minimum Gasteiger partial charge on any atom is -0.382 e. The van der Waals surface area contributed by atoms with Crippen molar-refractivity contribution >= 4 is 23.5 Å². The number of carbonyl (C=O) groups is 2. The smallest absolute Gasteiger partial charge is 0.327 e. The number of benzene rings is 1. The maximum Gasteiger partial charge on any atom is 0.327 e. The predicted molar refractivity (Wildman–Crippen MR) is 109 cm³/mol. The molecule has 2 aliphatic heterocycles. The van der Waals surface area contributed by atoms with E-state index in [4.69, 9.17) is 16.3 Å². The molecule has 154 valence electrons. The van der Waals surface area contributed by atoms with Crippen LogP contribution in [0.5, 0.6) is 0 Å². The van der Waals surface area contributed by atoms with Gasteiger partial charge in [-0.3, -0.25) is 9.69 Å². The first-order valence-corrected chi connectivity index (χ1v) is 10.5. The third-order valence-corrected chi connectivity index (χ3v) is 5.85. The van der Waals surface area contributed by atoms with Crippen LogP contribution in [-0.2, 0) is 16.1 Å². The Balaban J connectivity index is 1.55. The van der Waals surface area contributed by atoms with E-state index in [9.17, 15) is 9.59 Å². The fraction of sp³-hybridized carbons (Fsp3) is 0.619. The van der Waals surface area contributed by atoms with Gasteiger partial charge >= 0.3 is 6.03 Å². The second kappa shape index (κ2) is 9.72. The van der Waals surface area contributed by atoms with Crippen molar-refractivity contribution in [3.63, 3.8) is 0 Å². The second-order valence-electron chi connectivity index (χ2n) is 7.71. The lowest BCUT2D eigenvalue weighted by Gasteiger charge is -2.40. The van der Waals surface area contributed by atoms with E-state index < -0.39 is 0 Å². The van der Waals surface area contributed by atoms with Gasteiger partial charge in [0.05, 0.1) is 0 Å². The summed E-state index contributed by atoms with van der Waals surface area (Å²) in [5.74, 6) is 0.185. The molecule has 1 aromatic carbocycles. The van der Waals surface area contributed by atoms with E-state index in [-0.39, 0.29) is 30.4 Å². The minimum atomic E-state index is -0.165. The number of hydrogen-bond donors (Lipinski definition) is 0. The summed E-state index contributed by atoms with van der Waals surface area (Å²) >= 11 is 5.93. The molecule has 2 heterocycles. The van der Waals surface area contributed by atoms with Gasteiger partial charge in [-0.25, -0.2) is 4.79 Å². The molecule has 0 aliphatic carbocycles. The molecule has 0 spiro atoms. The Morgan fingerprint density at radius 3 is 2.64 bits per heavy atom. The molecule has 2 saturated heterocycles. The molecule has 3 rings (SSSR count). The van der Waals surface area contributed by atoms with Gasteiger partial charge < -0.3 is 14.5 Å². The minimum absolute atomic E-state index is 0.0154. The molecule has 28 heavy (non-hydrogen) atoms. The number of amides is 3. The van der Waals surface area contributed by atoms with Crippen molar-refractivity contribution in [3.05, 3.63) is 34.9 Å². The van der Waals surface area contributed by atoms with Crippen LogP contribution >= 0.6 is 11.6 Å². The number of imide groups is 1. The quantitative estimate of drug-likeness (QED) is 0.490. The van der Waals surface area contributed by atoms with Crippen LogP contribution in [0.1, 0.15) is 32.3 Å². The average Bonchev–Trinajstić information content (AvgIpc) is 2.94. The summed E-state index contributed by atoms with van der Waals surface area (Å²) in [7, 11) is 0. The van der Waals surface area contributed by atoms with Gasteiger partial charge in [-0.1, -0.05) is 30.7 Å². The molecule has 0 N–H and O–H groups in total. The van der Waals surface area contributed by atoms with Gasteiger partial charge in [0.25, 0.3) is 5.91 Å². The summed E-state index contributed by atoms with van der Waals surface area (Å²) in [5.41, 5.74) is 0.976. The summed E-state index contributed by atoms with van der Waals surface area (Å²) < 4.78 is 5.41. The average molecular weight is 408 g/mol. The van der Waals surface area contributed by atoms with Crippen LogP contribution in [-0.4, -0.2) is 72.1 Å². The third-order valence-electron chi connectivity index (χ3n) is 5.60. The highest BCUT2D eigenvalue weighted by Crippen LogP contribution is 2.27. The van der Waals surface area contributed by atoms with Crippen LogP contribution in [0.3, 0.4) is 0 Å². The SMILES string of the molecule is CCOCCCN1CCC(N2C(=O)CN(Cc3ccc(Cl)cc3)C2=O)C(C)C1. The monoisotopic (exact) mass is 407 g/mol. The molecule has 0 bridgehead atoms. The number of piperidine rings is 1. The van der Waals surface area contributed by atoms with Crippen LogP contribution in [0, 0.1) is 5.92 Å². The molecular formula is C21H30ClN3O3. The van der Waals surface area contributed by atoms with Crippen molar-refractivity contribution in [3.8, 4) is 0 Å².